The third-order valence-corrected chi connectivity index (χ3v) is 3.95. The lowest BCUT2D eigenvalue weighted by molar-refractivity contribution is 0.0162. The lowest BCUT2D eigenvalue weighted by Gasteiger charge is -2.23. The highest BCUT2D eigenvalue weighted by Gasteiger charge is 2.24. The molecule has 0 fully saturated rings. The number of nitriles is 1. The number of benzene rings is 2. The molecule has 0 saturated carbocycles. The van der Waals surface area contributed by atoms with E-state index in [-0.39, 0.29) is 13.2 Å². The molecule has 142 valence electrons. The SMILES string of the molecule is N#C[C@H](NC(=O)OCc1ccccc1)[C@H](CCCO)OCc1ccccc1. The molecule has 2 aromatic rings. The second kappa shape index (κ2) is 11.7. The first kappa shape index (κ1) is 20.4. The summed E-state index contributed by atoms with van der Waals surface area (Å²) >= 11 is 0. The molecule has 0 saturated heterocycles. The zero-order valence-corrected chi connectivity index (χ0v) is 15.1. The van der Waals surface area contributed by atoms with Crippen molar-refractivity contribution in [3.05, 3.63) is 71.8 Å². The molecule has 6 nitrogen and oxygen atoms in total. The van der Waals surface area contributed by atoms with Gasteiger partial charge in [-0.2, -0.15) is 5.26 Å². The first-order valence-electron chi connectivity index (χ1n) is 8.86. The number of amides is 1. The molecular weight excluding hydrogens is 344 g/mol. The Balaban J connectivity index is 1.90. The summed E-state index contributed by atoms with van der Waals surface area (Å²) in [5, 5.41) is 21.1. The summed E-state index contributed by atoms with van der Waals surface area (Å²) in [6.07, 6.45) is -0.312. The van der Waals surface area contributed by atoms with Crippen molar-refractivity contribution in [1.82, 2.24) is 5.32 Å². The van der Waals surface area contributed by atoms with Crippen LogP contribution in [0.15, 0.2) is 60.7 Å². The molecule has 0 heterocycles. The van der Waals surface area contributed by atoms with Gasteiger partial charge in [0.1, 0.15) is 12.6 Å². The van der Waals surface area contributed by atoms with Crippen molar-refractivity contribution in [3.63, 3.8) is 0 Å². The number of ether oxygens (including phenoxy) is 2. The second-order valence-corrected chi connectivity index (χ2v) is 6.01. The van der Waals surface area contributed by atoms with Crippen LogP contribution in [0.3, 0.4) is 0 Å². The molecule has 2 aromatic carbocycles. The molecule has 0 aliphatic heterocycles. The Bertz CT molecular complexity index is 716. The van der Waals surface area contributed by atoms with E-state index in [1.807, 2.05) is 60.7 Å². The van der Waals surface area contributed by atoms with Crippen LogP contribution in [-0.2, 0) is 22.7 Å². The summed E-state index contributed by atoms with van der Waals surface area (Å²) in [6.45, 7) is 0.425. The van der Waals surface area contributed by atoms with Crippen LogP contribution in [0.1, 0.15) is 24.0 Å². The Morgan fingerprint density at radius 1 is 1.04 bits per heavy atom. The van der Waals surface area contributed by atoms with Gasteiger partial charge in [-0.3, -0.25) is 0 Å². The van der Waals surface area contributed by atoms with Gasteiger partial charge in [-0.05, 0) is 24.0 Å². The summed E-state index contributed by atoms with van der Waals surface area (Å²) in [6, 6.07) is 20.0. The number of nitrogens with one attached hydrogen (secondary N) is 1. The molecule has 2 atom stereocenters. The maximum atomic E-state index is 12.0. The number of hydrogen-bond acceptors (Lipinski definition) is 5. The predicted molar refractivity (Wildman–Crippen MR) is 101 cm³/mol. The predicted octanol–water partition coefficient (Wildman–Crippen LogP) is 3.16. The van der Waals surface area contributed by atoms with Gasteiger partial charge in [0.2, 0.25) is 0 Å². The normalized spacial score (nSPS) is 12.6. The van der Waals surface area contributed by atoms with Crippen LogP contribution in [0, 0.1) is 11.3 Å². The molecule has 0 aliphatic rings. The van der Waals surface area contributed by atoms with Crippen LogP contribution in [0.5, 0.6) is 0 Å². The second-order valence-electron chi connectivity index (χ2n) is 6.01. The Morgan fingerprint density at radius 3 is 2.19 bits per heavy atom. The minimum absolute atomic E-state index is 0.0121. The first-order chi connectivity index (χ1) is 13.2. The van der Waals surface area contributed by atoms with Crippen LogP contribution in [0.25, 0.3) is 0 Å². The standard InChI is InChI=1S/C21H24N2O4/c22-14-19(23-21(25)27-16-18-10-5-2-6-11-18)20(12-7-13-24)26-15-17-8-3-1-4-9-17/h1-6,8-11,19-20,24H,7,12-13,15-16H2,(H,23,25)/t19-,20-/m0/s1. The fourth-order valence-electron chi connectivity index (χ4n) is 2.52. The van der Waals surface area contributed by atoms with Gasteiger partial charge in [0.25, 0.3) is 0 Å². The molecule has 0 aliphatic carbocycles. The molecule has 0 bridgehead atoms. The van der Waals surface area contributed by atoms with Crippen molar-refractivity contribution in [2.75, 3.05) is 6.61 Å². The van der Waals surface area contributed by atoms with E-state index >= 15 is 0 Å². The number of hydrogen-bond donors (Lipinski definition) is 2. The van der Waals surface area contributed by atoms with Crippen LogP contribution in [0.2, 0.25) is 0 Å². The number of carbonyl (C=O) groups excluding carboxylic acids is 1. The van der Waals surface area contributed by atoms with Crippen LogP contribution >= 0.6 is 0 Å². The Kier molecular flexibility index (Phi) is 8.84. The number of rotatable bonds is 10. The average molecular weight is 368 g/mol. The van der Waals surface area contributed by atoms with Gasteiger partial charge in [0, 0.05) is 6.61 Å². The molecule has 0 unspecified atom stereocenters. The summed E-state index contributed by atoms with van der Waals surface area (Å²) in [5.74, 6) is 0. The van der Waals surface area contributed by atoms with Crippen molar-refractivity contribution in [3.8, 4) is 6.07 Å². The minimum Gasteiger partial charge on any atom is -0.445 e. The van der Waals surface area contributed by atoms with Crippen molar-refractivity contribution >= 4 is 6.09 Å². The summed E-state index contributed by atoms with van der Waals surface area (Å²) in [7, 11) is 0. The molecular formula is C21H24N2O4. The summed E-state index contributed by atoms with van der Waals surface area (Å²) < 4.78 is 11.0. The van der Waals surface area contributed by atoms with Crippen molar-refractivity contribution < 1.29 is 19.4 Å². The third kappa shape index (κ3) is 7.48. The third-order valence-electron chi connectivity index (χ3n) is 3.95. The van der Waals surface area contributed by atoms with E-state index < -0.39 is 18.2 Å². The zero-order chi connectivity index (χ0) is 19.3. The van der Waals surface area contributed by atoms with Gasteiger partial charge >= 0.3 is 6.09 Å². The van der Waals surface area contributed by atoms with E-state index in [9.17, 15) is 10.1 Å². The molecule has 0 radical (unpaired) electrons. The minimum atomic E-state index is -0.872. The topological polar surface area (TPSA) is 91.6 Å². The number of carbonyl (C=O) groups is 1. The highest BCUT2D eigenvalue weighted by atomic mass is 16.5. The van der Waals surface area contributed by atoms with Gasteiger partial charge in [0.05, 0.1) is 18.8 Å². The molecule has 2 N–H and O–H groups in total. The monoisotopic (exact) mass is 368 g/mol. The quantitative estimate of drug-likeness (QED) is 0.672. The number of alkyl carbamates (subject to hydrolysis) is 1. The van der Waals surface area contributed by atoms with Crippen LogP contribution in [-0.4, -0.2) is 30.0 Å². The van der Waals surface area contributed by atoms with Crippen molar-refractivity contribution in [2.24, 2.45) is 0 Å². The van der Waals surface area contributed by atoms with E-state index in [1.54, 1.807) is 0 Å². The van der Waals surface area contributed by atoms with Crippen LogP contribution < -0.4 is 5.32 Å². The Morgan fingerprint density at radius 2 is 1.63 bits per heavy atom. The van der Waals surface area contributed by atoms with E-state index in [0.717, 1.165) is 11.1 Å². The van der Waals surface area contributed by atoms with E-state index in [2.05, 4.69) is 11.4 Å². The molecule has 1 amide bonds. The highest BCUT2D eigenvalue weighted by molar-refractivity contribution is 5.68. The number of aliphatic hydroxyl groups is 1. The van der Waals surface area contributed by atoms with Crippen LogP contribution in [0.4, 0.5) is 4.79 Å². The van der Waals surface area contributed by atoms with E-state index in [1.165, 1.54) is 0 Å². The summed E-state index contributed by atoms with van der Waals surface area (Å²) in [4.78, 5) is 12.0. The average Bonchev–Trinajstić information content (AvgIpc) is 2.72. The number of nitrogens with zero attached hydrogens (tertiary/aromatic N) is 1. The van der Waals surface area contributed by atoms with Gasteiger partial charge in [-0.25, -0.2) is 4.79 Å². The smallest absolute Gasteiger partial charge is 0.408 e. The lowest BCUT2D eigenvalue weighted by atomic mass is 10.1. The number of aliphatic hydroxyl groups excluding tert-OH is 1. The van der Waals surface area contributed by atoms with Gasteiger partial charge in [-0.15, -0.1) is 0 Å². The fourth-order valence-corrected chi connectivity index (χ4v) is 2.52. The van der Waals surface area contributed by atoms with Gasteiger partial charge in [-0.1, -0.05) is 60.7 Å². The highest BCUT2D eigenvalue weighted by Crippen LogP contribution is 2.12. The van der Waals surface area contributed by atoms with Crippen molar-refractivity contribution in [2.45, 2.75) is 38.2 Å². The zero-order valence-electron chi connectivity index (χ0n) is 15.1. The van der Waals surface area contributed by atoms with Gasteiger partial charge < -0.3 is 19.9 Å². The lowest BCUT2D eigenvalue weighted by Crippen LogP contribution is -2.43. The molecule has 0 spiro atoms. The van der Waals surface area contributed by atoms with Gasteiger partial charge in [0.15, 0.2) is 0 Å². The van der Waals surface area contributed by atoms with E-state index in [4.69, 9.17) is 14.6 Å². The maximum Gasteiger partial charge on any atom is 0.408 e. The largest absolute Gasteiger partial charge is 0.445 e. The Hall–Kier alpha value is -2.88. The first-order valence-corrected chi connectivity index (χ1v) is 8.86. The molecule has 0 aromatic heterocycles. The fraction of sp³-hybridized carbons (Fsp3) is 0.333. The molecule has 6 heteroatoms. The van der Waals surface area contributed by atoms with E-state index in [0.29, 0.717) is 19.4 Å². The Labute approximate surface area is 159 Å². The maximum absolute atomic E-state index is 12.0. The molecule has 27 heavy (non-hydrogen) atoms. The molecule has 2 rings (SSSR count). The van der Waals surface area contributed by atoms with Crippen molar-refractivity contribution in [1.29, 1.82) is 5.26 Å². The summed E-state index contributed by atoms with van der Waals surface area (Å²) in [5.41, 5.74) is 1.83.